The van der Waals surface area contributed by atoms with Crippen LogP contribution in [0.3, 0.4) is 0 Å². The minimum Gasteiger partial charge on any atom is -0.496 e. The predicted octanol–water partition coefficient (Wildman–Crippen LogP) is 2.23. The Bertz CT molecular complexity index is 792. The van der Waals surface area contributed by atoms with E-state index in [0.29, 0.717) is 21.8 Å². The number of hydrogen-bond donors (Lipinski definition) is 2. The molecule has 0 aromatic heterocycles. The average Bonchev–Trinajstić information content (AvgIpc) is 2.61. The highest BCUT2D eigenvalue weighted by atomic mass is 32.2. The van der Waals surface area contributed by atoms with Crippen LogP contribution < -0.4 is 15.8 Å². The number of nitrogens with one attached hydrogen (secondary N) is 1. The molecule has 130 valence electrons. The van der Waals surface area contributed by atoms with Crippen molar-refractivity contribution < 1.29 is 19.1 Å². The number of benzene rings is 2. The van der Waals surface area contributed by atoms with Crippen LogP contribution in [-0.4, -0.2) is 30.6 Å². The molecule has 0 saturated carbocycles. The van der Waals surface area contributed by atoms with Gasteiger partial charge in [0.25, 0.3) is 5.91 Å². The van der Waals surface area contributed by atoms with E-state index in [9.17, 15) is 14.4 Å². The van der Waals surface area contributed by atoms with Crippen molar-refractivity contribution in [2.45, 2.75) is 11.3 Å². The standard InChI is InChI=1S/C18H18N2O4S/c1-24-14-8-4-2-6-12(14)18(23)25-15-9-5-3-7-13(15)17(22)20-11-10-16(19)21/h2-9H,10-11H2,1H3,(H2,19,21)(H,20,22). The van der Waals surface area contributed by atoms with E-state index in [0.717, 1.165) is 11.8 Å². The summed E-state index contributed by atoms with van der Waals surface area (Å²) in [4.78, 5) is 36.1. The third-order valence-electron chi connectivity index (χ3n) is 3.32. The van der Waals surface area contributed by atoms with Crippen LogP contribution in [0.25, 0.3) is 0 Å². The summed E-state index contributed by atoms with van der Waals surface area (Å²) in [6, 6.07) is 13.7. The Kier molecular flexibility index (Phi) is 6.59. The molecule has 6 nitrogen and oxygen atoms in total. The number of carbonyl (C=O) groups is 3. The quantitative estimate of drug-likeness (QED) is 0.740. The number of methoxy groups -OCH3 is 1. The molecule has 2 rings (SSSR count). The Morgan fingerprint density at radius 3 is 2.36 bits per heavy atom. The van der Waals surface area contributed by atoms with Crippen molar-refractivity contribution in [1.29, 1.82) is 0 Å². The molecule has 2 aromatic carbocycles. The largest absolute Gasteiger partial charge is 0.496 e. The van der Waals surface area contributed by atoms with Crippen LogP contribution in [0.4, 0.5) is 0 Å². The van der Waals surface area contributed by atoms with Crippen molar-refractivity contribution in [3.63, 3.8) is 0 Å². The molecule has 0 aliphatic carbocycles. The summed E-state index contributed by atoms with van der Waals surface area (Å²) in [5, 5.41) is 2.39. The molecule has 25 heavy (non-hydrogen) atoms. The summed E-state index contributed by atoms with van der Waals surface area (Å²) in [6.45, 7) is 0.146. The van der Waals surface area contributed by atoms with E-state index in [2.05, 4.69) is 5.32 Å². The molecule has 0 atom stereocenters. The second kappa shape index (κ2) is 8.89. The molecule has 0 aliphatic heterocycles. The summed E-state index contributed by atoms with van der Waals surface area (Å²) < 4.78 is 5.20. The van der Waals surface area contributed by atoms with Crippen LogP contribution in [0.1, 0.15) is 27.1 Å². The van der Waals surface area contributed by atoms with Gasteiger partial charge in [0.15, 0.2) is 0 Å². The SMILES string of the molecule is COc1ccccc1C(=O)Sc1ccccc1C(=O)NCCC(N)=O. The molecular weight excluding hydrogens is 340 g/mol. The molecule has 0 fully saturated rings. The molecule has 0 bridgehead atoms. The molecule has 2 amide bonds. The number of rotatable bonds is 7. The molecule has 2 aromatic rings. The maximum atomic E-state index is 12.6. The lowest BCUT2D eigenvalue weighted by atomic mass is 10.2. The monoisotopic (exact) mass is 358 g/mol. The van der Waals surface area contributed by atoms with Crippen molar-refractivity contribution in [1.82, 2.24) is 5.32 Å². The highest BCUT2D eigenvalue weighted by Gasteiger charge is 2.17. The van der Waals surface area contributed by atoms with Gasteiger partial charge in [-0.15, -0.1) is 0 Å². The maximum Gasteiger partial charge on any atom is 0.252 e. The highest BCUT2D eigenvalue weighted by Crippen LogP contribution is 2.30. The molecule has 0 aliphatic rings. The third kappa shape index (κ3) is 5.09. The van der Waals surface area contributed by atoms with E-state index >= 15 is 0 Å². The van der Waals surface area contributed by atoms with Gasteiger partial charge in [-0.05, 0) is 36.0 Å². The zero-order valence-electron chi connectivity index (χ0n) is 13.7. The summed E-state index contributed by atoms with van der Waals surface area (Å²) in [6.07, 6.45) is 0.0567. The van der Waals surface area contributed by atoms with Crippen molar-refractivity contribution >= 4 is 28.7 Å². The average molecular weight is 358 g/mol. The van der Waals surface area contributed by atoms with Gasteiger partial charge in [0, 0.05) is 17.9 Å². The van der Waals surface area contributed by atoms with Gasteiger partial charge in [0.05, 0.1) is 18.2 Å². The van der Waals surface area contributed by atoms with Crippen LogP contribution >= 0.6 is 11.8 Å². The summed E-state index contributed by atoms with van der Waals surface area (Å²) in [5.74, 6) is -0.380. The van der Waals surface area contributed by atoms with Crippen LogP contribution in [0.15, 0.2) is 53.4 Å². The van der Waals surface area contributed by atoms with Gasteiger partial charge >= 0.3 is 0 Å². The fourth-order valence-electron chi connectivity index (χ4n) is 2.11. The van der Waals surface area contributed by atoms with Gasteiger partial charge in [-0.3, -0.25) is 14.4 Å². The highest BCUT2D eigenvalue weighted by molar-refractivity contribution is 8.14. The van der Waals surface area contributed by atoms with E-state index in [1.165, 1.54) is 7.11 Å². The molecular formula is C18H18N2O4S. The van der Waals surface area contributed by atoms with Crippen LogP contribution in [0.2, 0.25) is 0 Å². The number of ether oxygens (including phenoxy) is 1. The van der Waals surface area contributed by atoms with Crippen LogP contribution in [0.5, 0.6) is 5.75 Å². The van der Waals surface area contributed by atoms with E-state index in [4.69, 9.17) is 10.5 Å². The van der Waals surface area contributed by atoms with Gasteiger partial charge in [0.2, 0.25) is 11.0 Å². The first-order valence-electron chi connectivity index (χ1n) is 7.53. The van der Waals surface area contributed by atoms with Crippen LogP contribution in [0, 0.1) is 0 Å². The Labute approximate surface area is 149 Å². The first-order valence-corrected chi connectivity index (χ1v) is 8.35. The molecule has 7 heteroatoms. The van der Waals surface area contributed by atoms with E-state index < -0.39 is 5.91 Å². The second-order valence-corrected chi connectivity index (χ2v) is 6.07. The zero-order chi connectivity index (χ0) is 18.2. The molecule has 0 spiro atoms. The number of primary amides is 1. The first kappa shape index (κ1) is 18.5. The number of hydrogen-bond acceptors (Lipinski definition) is 5. The lowest BCUT2D eigenvalue weighted by Gasteiger charge is -2.10. The minimum absolute atomic E-state index is 0.0567. The summed E-state index contributed by atoms with van der Waals surface area (Å²) >= 11 is 0.950. The normalized spacial score (nSPS) is 10.1. The number of nitrogens with two attached hydrogens (primary N) is 1. The Balaban J connectivity index is 2.16. The van der Waals surface area contributed by atoms with E-state index in [1.54, 1.807) is 48.5 Å². The topological polar surface area (TPSA) is 98.5 Å². The fraction of sp³-hybridized carbons (Fsp3) is 0.167. The number of carbonyl (C=O) groups excluding carboxylic acids is 3. The molecule has 0 heterocycles. The third-order valence-corrected chi connectivity index (χ3v) is 4.30. The van der Waals surface area contributed by atoms with E-state index in [1.807, 2.05) is 0 Å². The van der Waals surface area contributed by atoms with Gasteiger partial charge in [-0.2, -0.15) is 0 Å². The van der Waals surface area contributed by atoms with Crippen molar-refractivity contribution in [2.75, 3.05) is 13.7 Å². The van der Waals surface area contributed by atoms with Gasteiger partial charge in [-0.1, -0.05) is 24.3 Å². The van der Waals surface area contributed by atoms with Gasteiger partial charge in [0.1, 0.15) is 5.75 Å². The summed E-state index contributed by atoms with van der Waals surface area (Å²) in [7, 11) is 1.50. The Morgan fingerprint density at radius 2 is 1.68 bits per heavy atom. The molecule has 0 radical (unpaired) electrons. The lowest BCUT2D eigenvalue weighted by molar-refractivity contribution is -0.117. The smallest absolute Gasteiger partial charge is 0.252 e. The molecule has 3 N–H and O–H groups in total. The Morgan fingerprint density at radius 1 is 1.04 bits per heavy atom. The second-order valence-electron chi connectivity index (χ2n) is 5.06. The van der Waals surface area contributed by atoms with E-state index in [-0.39, 0.29) is 24.0 Å². The fourth-order valence-corrected chi connectivity index (χ4v) is 3.00. The zero-order valence-corrected chi connectivity index (χ0v) is 14.5. The summed E-state index contributed by atoms with van der Waals surface area (Å²) in [5.41, 5.74) is 5.84. The van der Waals surface area contributed by atoms with Crippen molar-refractivity contribution in [2.24, 2.45) is 5.73 Å². The molecule has 0 saturated heterocycles. The molecule has 0 unspecified atom stereocenters. The Hall–Kier alpha value is -2.80. The van der Waals surface area contributed by atoms with Crippen molar-refractivity contribution in [3.05, 3.63) is 59.7 Å². The minimum atomic E-state index is -0.491. The van der Waals surface area contributed by atoms with Gasteiger partial charge in [-0.25, -0.2) is 0 Å². The maximum absolute atomic E-state index is 12.6. The lowest BCUT2D eigenvalue weighted by Crippen LogP contribution is -2.28. The number of para-hydroxylation sites is 1. The number of thioether (sulfide) groups is 1. The number of amides is 2. The van der Waals surface area contributed by atoms with Crippen LogP contribution in [-0.2, 0) is 4.79 Å². The predicted molar refractivity (Wildman–Crippen MR) is 95.8 cm³/mol. The van der Waals surface area contributed by atoms with Gasteiger partial charge < -0.3 is 15.8 Å². The first-order chi connectivity index (χ1) is 12.0. The van der Waals surface area contributed by atoms with Crippen molar-refractivity contribution in [3.8, 4) is 5.75 Å².